The fraction of sp³-hybridized carbons (Fsp3) is 0.562. The Bertz CT molecular complexity index is 506. The van der Waals surface area contributed by atoms with Crippen molar-refractivity contribution in [2.75, 3.05) is 26.2 Å². The maximum absolute atomic E-state index is 12.4. The van der Waals surface area contributed by atoms with Gasteiger partial charge in [0.2, 0.25) is 0 Å². The lowest BCUT2D eigenvalue weighted by Crippen LogP contribution is -2.36. The average molecular weight is 289 g/mol. The van der Waals surface area contributed by atoms with Crippen LogP contribution in [0.5, 0.6) is 0 Å². The Morgan fingerprint density at radius 2 is 1.71 bits per heavy atom. The maximum atomic E-state index is 12.4. The number of carbonyl (C=O) groups is 2. The third-order valence-corrected chi connectivity index (χ3v) is 3.88. The molecule has 5 nitrogen and oxygen atoms in total. The molecule has 1 aliphatic heterocycles. The first-order chi connectivity index (χ1) is 10.2. The van der Waals surface area contributed by atoms with E-state index in [1.54, 1.807) is 23.1 Å². The zero-order chi connectivity index (χ0) is 15.2. The van der Waals surface area contributed by atoms with E-state index in [-0.39, 0.29) is 11.8 Å². The van der Waals surface area contributed by atoms with Gasteiger partial charge in [-0.15, -0.1) is 0 Å². The van der Waals surface area contributed by atoms with Crippen LogP contribution in [0, 0.1) is 0 Å². The summed E-state index contributed by atoms with van der Waals surface area (Å²) in [5.74, 6) is -0.183. The van der Waals surface area contributed by atoms with Crippen molar-refractivity contribution in [3.63, 3.8) is 0 Å². The number of carbonyl (C=O) groups excluding carboxylic acids is 2. The molecule has 2 heterocycles. The van der Waals surface area contributed by atoms with Gasteiger partial charge in [0.25, 0.3) is 11.8 Å². The van der Waals surface area contributed by atoms with Crippen molar-refractivity contribution in [2.24, 2.45) is 0 Å². The van der Waals surface area contributed by atoms with Crippen molar-refractivity contribution in [1.29, 1.82) is 0 Å². The van der Waals surface area contributed by atoms with Gasteiger partial charge in [0.15, 0.2) is 0 Å². The van der Waals surface area contributed by atoms with Crippen molar-refractivity contribution < 1.29 is 9.59 Å². The number of hydrogen-bond donors (Lipinski definition) is 0. The van der Waals surface area contributed by atoms with Gasteiger partial charge in [0.1, 0.15) is 11.4 Å². The second kappa shape index (κ2) is 7.20. The van der Waals surface area contributed by atoms with E-state index < -0.39 is 0 Å². The average Bonchev–Trinajstić information content (AvgIpc) is 2.56. The summed E-state index contributed by atoms with van der Waals surface area (Å²) in [4.78, 5) is 32.5. The Hall–Kier alpha value is -1.91. The third-order valence-electron chi connectivity index (χ3n) is 3.88. The summed E-state index contributed by atoms with van der Waals surface area (Å²) in [5, 5.41) is 0. The van der Waals surface area contributed by atoms with Crippen LogP contribution in [0.2, 0.25) is 0 Å². The Balaban J connectivity index is 2.16. The number of aromatic nitrogens is 1. The molecule has 1 aliphatic rings. The predicted molar refractivity (Wildman–Crippen MR) is 81.2 cm³/mol. The van der Waals surface area contributed by atoms with Crippen molar-refractivity contribution in [1.82, 2.24) is 14.8 Å². The van der Waals surface area contributed by atoms with E-state index in [0.717, 1.165) is 25.9 Å². The van der Waals surface area contributed by atoms with E-state index in [1.807, 2.05) is 18.7 Å². The van der Waals surface area contributed by atoms with Gasteiger partial charge in [-0.05, 0) is 45.2 Å². The van der Waals surface area contributed by atoms with Gasteiger partial charge in [0, 0.05) is 26.2 Å². The molecular formula is C16H23N3O2. The lowest BCUT2D eigenvalue weighted by atomic mass is 10.1. The highest BCUT2D eigenvalue weighted by Crippen LogP contribution is 2.13. The number of amides is 2. The van der Waals surface area contributed by atoms with Gasteiger partial charge in [-0.2, -0.15) is 0 Å². The summed E-state index contributed by atoms with van der Waals surface area (Å²) in [7, 11) is 0. The first-order valence-corrected chi connectivity index (χ1v) is 7.73. The van der Waals surface area contributed by atoms with E-state index in [4.69, 9.17) is 0 Å². The van der Waals surface area contributed by atoms with E-state index in [9.17, 15) is 9.59 Å². The van der Waals surface area contributed by atoms with Crippen LogP contribution in [0.15, 0.2) is 18.2 Å². The highest BCUT2D eigenvalue weighted by atomic mass is 16.2. The molecule has 0 unspecified atom stereocenters. The maximum Gasteiger partial charge on any atom is 0.272 e. The number of piperidine rings is 1. The minimum absolute atomic E-state index is 0.0658. The molecule has 0 spiro atoms. The Kier molecular flexibility index (Phi) is 5.31. The molecule has 0 N–H and O–H groups in total. The standard InChI is InChI=1S/C16H23N3O2/c1-3-18(4-2)15(20)13-9-8-10-14(17-13)16(21)19-11-6-5-7-12-19/h8-10H,3-7,11-12H2,1-2H3. The van der Waals surface area contributed by atoms with Crippen LogP contribution in [-0.4, -0.2) is 52.8 Å². The van der Waals surface area contributed by atoms with Gasteiger partial charge in [-0.25, -0.2) is 4.98 Å². The largest absolute Gasteiger partial charge is 0.338 e. The highest BCUT2D eigenvalue weighted by molar-refractivity contribution is 5.96. The monoisotopic (exact) mass is 289 g/mol. The minimum Gasteiger partial charge on any atom is -0.338 e. The number of nitrogens with zero attached hydrogens (tertiary/aromatic N) is 3. The summed E-state index contributed by atoms with van der Waals surface area (Å²) in [6.07, 6.45) is 3.27. The van der Waals surface area contributed by atoms with Crippen LogP contribution >= 0.6 is 0 Å². The molecule has 1 fully saturated rings. The van der Waals surface area contributed by atoms with Crippen LogP contribution in [0.25, 0.3) is 0 Å². The van der Waals surface area contributed by atoms with Crippen molar-refractivity contribution in [2.45, 2.75) is 33.1 Å². The molecule has 0 saturated carbocycles. The minimum atomic E-state index is -0.117. The van der Waals surface area contributed by atoms with Gasteiger partial charge in [-0.3, -0.25) is 9.59 Å². The summed E-state index contributed by atoms with van der Waals surface area (Å²) in [6.45, 7) is 6.72. The van der Waals surface area contributed by atoms with Gasteiger partial charge < -0.3 is 9.80 Å². The summed E-state index contributed by atoms with van der Waals surface area (Å²) < 4.78 is 0. The molecule has 1 saturated heterocycles. The third kappa shape index (κ3) is 3.60. The zero-order valence-electron chi connectivity index (χ0n) is 12.8. The molecule has 114 valence electrons. The molecule has 2 rings (SSSR count). The fourth-order valence-electron chi connectivity index (χ4n) is 2.60. The zero-order valence-corrected chi connectivity index (χ0v) is 12.8. The molecule has 1 aromatic rings. The molecule has 2 amide bonds. The Labute approximate surface area is 126 Å². The predicted octanol–water partition coefficient (Wildman–Crippen LogP) is 2.19. The molecule has 1 aromatic heterocycles. The van der Waals surface area contributed by atoms with Crippen molar-refractivity contribution in [3.8, 4) is 0 Å². The summed E-state index contributed by atoms with van der Waals surface area (Å²) in [6, 6.07) is 5.10. The van der Waals surface area contributed by atoms with E-state index in [1.165, 1.54) is 6.42 Å². The van der Waals surface area contributed by atoms with Crippen LogP contribution in [0.4, 0.5) is 0 Å². The van der Waals surface area contributed by atoms with Crippen molar-refractivity contribution in [3.05, 3.63) is 29.6 Å². The molecule has 0 atom stereocenters. The fourth-order valence-corrected chi connectivity index (χ4v) is 2.60. The van der Waals surface area contributed by atoms with Crippen LogP contribution < -0.4 is 0 Å². The summed E-state index contributed by atoms with van der Waals surface area (Å²) in [5.41, 5.74) is 0.719. The Morgan fingerprint density at radius 3 is 2.33 bits per heavy atom. The van der Waals surface area contributed by atoms with Gasteiger partial charge >= 0.3 is 0 Å². The Morgan fingerprint density at radius 1 is 1.10 bits per heavy atom. The quantitative estimate of drug-likeness (QED) is 0.853. The van der Waals surface area contributed by atoms with E-state index in [2.05, 4.69) is 4.98 Å². The molecule has 21 heavy (non-hydrogen) atoms. The van der Waals surface area contributed by atoms with Gasteiger partial charge in [0.05, 0.1) is 0 Å². The number of pyridine rings is 1. The van der Waals surface area contributed by atoms with E-state index in [0.29, 0.717) is 24.5 Å². The van der Waals surface area contributed by atoms with Gasteiger partial charge in [-0.1, -0.05) is 6.07 Å². The van der Waals surface area contributed by atoms with Crippen LogP contribution in [-0.2, 0) is 0 Å². The lowest BCUT2D eigenvalue weighted by molar-refractivity contribution is 0.0717. The number of rotatable bonds is 4. The topological polar surface area (TPSA) is 53.5 Å². The molecule has 0 aliphatic carbocycles. The first kappa shape index (κ1) is 15.5. The second-order valence-electron chi connectivity index (χ2n) is 5.24. The number of likely N-dealkylation sites (tertiary alicyclic amines) is 1. The molecule has 0 aromatic carbocycles. The molecule has 0 radical (unpaired) electrons. The molecular weight excluding hydrogens is 266 g/mol. The normalized spacial score (nSPS) is 14.9. The smallest absolute Gasteiger partial charge is 0.272 e. The van der Waals surface area contributed by atoms with E-state index >= 15 is 0 Å². The van der Waals surface area contributed by atoms with Crippen molar-refractivity contribution >= 4 is 11.8 Å². The molecule has 0 bridgehead atoms. The number of hydrogen-bond acceptors (Lipinski definition) is 3. The lowest BCUT2D eigenvalue weighted by Gasteiger charge is -2.26. The van der Waals surface area contributed by atoms with Crippen LogP contribution in [0.1, 0.15) is 54.1 Å². The van der Waals surface area contributed by atoms with Crippen LogP contribution in [0.3, 0.4) is 0 Å². The second-order valence-corrected chi connectivity index (χ2v) is 5.24. The molecule has 5 heteroatoms. The first-order valence-electron chi connectivity index (χ1n) is 7.73. The summed E-state index contributed by atoms with van der Waals surface area (Å²) >= 11 is 0. The SMILES string of the molecule is CCN(CC)C(=O)c1cccc(C(=O)N2CCCCC2)n1. The highest BCUT2D eigenvalue weighted by Gasteiger charge is 2.21.